The van der Waals surface area contributed by atoms with Crippen LogP contribution >= 0.6 is 11.3 Å². The van der Waals surface area contributed by atoms with Crippen LogP contribution in [-0.2, 0) is 24.3 Å². The number of hydrogen-bond donors (Lipinski definition) is 1. The molecule has 7 heteroatoms. The summed E-state index contributed by atoms with van der Waals surface area (Å²) < 4.78 is 10.8. The van der Waals surface area contributed by atoms with Crippen LogP contribution in [-0.4, -0.2) is 36.6 Å². The summed E-state index contributed by atoms with van der Waals surface area (Å²) in [6, 6.07) is 4.16. The molecular formula is C19H23N3O3S. The molecule has 1 saturated carbocycles. The SMILES string of the molecule is COc1cc2c(cc1OC)CN(Cc1csc(NC(=O)C3CC3)n1)CC2. The second-order valence-corrected chi connectivity index (χ2v) is 7.70. The number of aromatic nitrogens is 1. The normalized spacial score (nSPS) is 16.8. The van der Waals surface area contributed by atoms with E-state index in [9.17, 15) is 4.79 Å². The number of carbonyl (C=O) groups is 1. The molecule has 1 fully saturated rings. The number of carbonyl (C=O) groups excluding carboxylic acids is 1. The van der Waals surface area contributed by atoms with Gasteiger partial charge in [0.25, 0.3) is 0 Å². The molecule has 0 saturated heterocycles. The van der Waals surface area contributed by atoms with Crippen molar-refractivity contribution in [1.29, 1.82) is 0 Å². The third kappa shape index (κ3) is 3.68. The molecular weight excluding hydrogens is 350 g/mol. The molecule has 1 aromatic heterocycles. The Morgan fingerprint density at radius 1 is 1.27 bits per heavy atom. The first kappa shape index (κ1) is 17.3. The number of amides is 1. The Balaban J connectivity index is 1.41. The number of rotatable bonds is 6. The van der Waals surface area contributed by atoms with Crippen LogP contribution in [0.3, 0.4) is 0 Å². The zero-order chi connectivity index (χ0) is 18.1. The highest BCUT2D eigenvalue weighted by Crippen LogP contribution is 2.34. The summed E-state index contributed by atoms with van der Waals surface area (Å²) in [4.78, 5) is 18.8. The molecule has 1 N–H and O–H groups in total. The van der Waals surface area contributed by atoms with Crippen molar-refractivity contribution in [3.8, 4) is 11.5 Å². The van der Waals surface area contributed by atoms with Crippen LogP contribution in [0.2, 0.25) is 0 Å². The molecule has 1 aromatic carbocycles. The molecule has 138 valence electrons. The summed E-state index contributed by atoms with van der Waals surface area (Å²) in [5, 5.41) is 5.67. The molecule has 1 amide bonds. The number of fused-ring (bicyclic) bond motifs is 1. The average Bonchev–Trinajstić information content (AvgIpc) is 3.42. The summed E-state index contributed by atoms with van der Waals surface area (Å²) in [7, 11) is 3.33. The number of ether oxygens (including phenoxy) is 2. The van der Waals surface area contributed by atoms with Gasteiger partial charge in [-0.2, -0.15) is 0 Å². The number of anilines is 1. The Morgan fingerprint density at radius 2 is 2.00 bits per heavy atom. The van der Waals surface area contributed by atoms with E-state index in [1.54, 1.807) is 14.2 Å². The fourth-order valence-corrected chi connectivity index (χ4v) is 4.00. The lowest BCUT2D eigenvalue weighted by molar-refractivity contribution is -0.117. The monoisotopic (exact) mass is 373 g/mol. The molecule has 2 aromatic rings. The van der Waals surface area contributed by atoms with Crippen LogP contribution in [0.1, 0.15) is 29.7 Å². The minimum absolute atomic E-state index is 0.110. The number of methoxy groups -OCH3 is 2. The Labute approximate surface area is 157 Å². The van der Waals surface area contributed by atoms with E-state index in [0.29, 0.717) is 5.13 Å². The first-order valence-corrected chi connectivity index (χ1v) is 9.75. The minimum atomic E-state index is 0.110. The molecule has 6 nitrogen and oxygen atoms in total. The molecule has 2 heterocycles. The fraction of sp³-hybridized carbons (Fsp3) is 0.474. The van der Waals surface area contributed by atoms with Gasteiger partial charge < -0.3 is 14.8 Å². The van der Waals surface area contributed by atoms with Gasteiger partial charge in [-0.3, -0.25) is 9.69 Å². The third-order valence-corrected chi connectivity index (χ3v) is 5.72. The number of hydrogen-bond acceptors (Lipinski definition) is 6. The molecule has 0 radical (unpaired) electrons. The van der Waals surface area contributed by atoms with Crippen molar-refractivity contribution in [3.05, 3.63) is 34.3 Å². The van der Waals surface area contributed by atoms with Crippen molar-refractivity contribution in [2.75, 3.05) is 26.1 Å². The topological polar surface area (TPSA) is 63.7 Å². The van der Waals surface area contributed by atoms with E-state index in [2.05, 4.69) is 27.3 Å². The second kappa shape index (κ2) is 7.25. The van der Waals surface area contributed by atoms with E-state index >= 15 is 0 Å². The third-order valence-electron chi connectivity index (χ3n) is 4.91. The lowest BCUT2D eigenvalue weighted by Crippen LogP contribution is -2.30. The maximum atomic E-state index is 11.8. The molecule has 0 bridgehead atoms. The largest absolute Gasteiger partial charge is 0.493 e. The van der Waals surface area contributed by atoms with Gasteiger partial charge in [-0.15, -0.1) is 11.3 Å². The summed E-state index contributed by atoms with van der Waals surface area (Å²) >= 11 is 1.50. The zero-order valence-corrected chi connectivity index (χ0v) is 15.9. The first-order chi connectivity index (χ1) is 12.7. The molecule has 4 rings (SSSR count). The van der Waals surface area contributed by atoms with Gasteiger partial charge in [0.05, 0.1) is 19.9 Å². The Hall–Kier alpha value is -2.12. The molecule has 2 aliphatic rings. The van der Waals surface area contributed by atoms with Crippen LogP contribution in [0.25, 0.3) is 0 Å². The van der Waals surface area contributed by atoms with Crippen LogP contribution in [0, 0.1) is 5.92 Å². The highest BCUT2D eigenvalue weighted by Gasteiger charge is 2.30. The van der Waals surface area contributed by atoms with Gasteiger partial charge in [0.1, 0.15) is 0 Å². The van der Waals surface area contributed by atoms with Crippen LogP contribution < -0.4 is 14.8 Å². The van der Waals surface area contributed by atoms with Crippen LogP contribution in [0.5, 0.6) is 11.5 Å². The van der Waals surface area contributed by atoms with Gasteiger partial charge in [0, 0.05) is 30.9 Å². The molecule has 0 spiro atoms. The predicted octanol–water partition coefficient (Wildman–Crippen LogP) is 3.07. The fourth-order valence-electron chi connectivity index (χ4n) is 3.30. The molecule has 0 unspecified atom stereocenters. The molecule has 26 heavy (non-hydrogen) atoms. The summed E-state index contributed by atoms with van der Waals surface area (Å²) in [6.07, 6.45) is 2.99. The van der Waals surface area contributed by atoms with Crippen LogP contribution in [0.15, 0.2) is 17.5 Å². The highest BCUT2D eigenvalue weighted by atomic mass is 32.1. The second-order valence-electron chi connectivity index (χ2n) is 6.84. The average molecular weight is 373 g/mol. The quantitative estimate of drug-likeness (QED) is 0.843. The van der Waals surface area contributed by atoms with E-state index in [4.69, 9.17) is 9.47 Å². The van der Waals surface area contributed by atoms with Crippen molar-refractivity contribution in [1.82, 2.24) is 9.88 Å². The molecule has 0 atom stereocenters. The zero-order valence-electron chi connectivity index (χ0n) is 15.1. The van der Waals surface area contributed by atoms with Crippen molar-refractivity contribution in [2.45, 2.75) is 32.4 Å². The van der Waals surface area contributed by atoms with Gasteiger partial charge in [-0.25, -0.2) is 4.98 Å². The Morgan fingerprint density at radius 3 is 2.69 bits per heavy atom. The first-order valence-electron chi connectivity index (χ1n) is 8.87. The van der Waals surface area contributed by atoms with E-state index in [0.717, 1.165) is 56.1 Å². The highest BCUT2D eigenvalue weighted by molar-refractivity contribution is 7.13. The Kier molecular flexibility index (Phi) is 4.82. The maximum absolute atomic E-state index is 11.8. The van der Waals surface area contributed by atoms with E-state index in [1.165, 1.54) is 22.5 Å². The standard InChI is InChI=1S/C19H23N3O3S/c1-24-16-7-13-5-6-22(9-14(13)8-17(16)25-2)10-15-11-26-19(20-15)21-18(23)12-3-4-12/h7-8,11-12H,3-6,9-10H2,1-2H3,(H,20,21,23). The Bertz CT molecular complexity index is 816. The van der Waals surface area contributed by atoms with Gasteiger partial charge in [-0.05, 0) is 42.5 Å². The molecule has 1 aliphatic carbocycles. The van der Waals surface area contributed by atoms with E-state index in [-0.39, 0.29) is 11.8 Å². The lowest BCUT2D eigenvalue weighted by Gasteiger charge is -2.29. The van der Waals surface area contributed by atoms with Gasteiger partial charge in [0.15, 0.2) is 16.6 Å². The summed E-state index contributed by atoms with van der Waals surface area (Å²) in [5.41, 5.74) is 3.59. The maximum Gasteiger partial charge on any atom is 0.229 e. The van der Waals surface area contributed by atoms with Gasteiger partial charge in [-0.1, -0.05) is 0 Å². The lowest BCUT2D eigenvalue weighted by atomic mass is 9.98. The predicted molar refractivity (Wildman–Crippen MR) is 101 cm³/mol. The number of nitrogens with zero attached hydrogens (tertiary/aromatic N) is 2. The minimum Gasteiger partial charge on any atom is -0.493 e. The van der Waals surface area contributed by atoms with E-state index < -0.39 is 0 Å². The van der Waals surface area contributed by atoms with Crippen molar-refractivity contribution in [3.63, 3.8) is 0 Å². The summed E-state index contributed by atoms with van der Waals surface area (Å²) in [6.45, 7) is 2.62. The number of nitrogens with one attached hydrogen (secondary N) is 1. The van der Waals surface area contributed by atoms with Crippen LogP contribution in [0.4, 0.5) is 5.13 Å². The van der Waals surface area contributed by atoms with Crippen molar-refractivity contribution < 1.29 is 14.3 Å². The van der Waals surface area contributed by atoms with E-state index in [1.807, 2.05) is 5.38 Å². The smallest absolute Gasteiger partial charge is 0.229 e. The van der Waals surface area contributed by atoms with Crippen molar-refractivity contribution >= 4 is 22.4 Å². The molecule has 1 aliphatic heterocycles. The number of thiazole rings is 1. The van der Waals surface area contributed by atoms with Gasteiger partial charge in [0.2, 0.25) is 5.91 Å². The summed E-state index contributed by atoms with van der Waals surface area (Å²) in [5.74, 6) is 1.87. The number of benzene rings is 1. The van der Waals surface area contributed by atoms with Gasteiger partial charge >= 0.3 is 0 Å². The van der Waals surface area contributed by atoms with Crippen molar-refractivity contribution in [2.24, 2.45) is 5.92 Å².